The lowest BCUT2D eigenvalue weighted by Gasteiger charge is -2.52. The molecular formula is C17H28N2O2. The van der Waals surface area contributed by atoms with E-state index in [0.29, 0.717) is 5.92 Å². The minimum Gasteiger partial charge on any atom is -0.340 e. The largest absolute Gasteiger partial charge is 0.340 e. The monoisotopic (exact) mass is 292 g/mol. The van der Waals surface area contributed by atoms with Crippen LogP contribution in [0, 0.1) is 5.92 Å². The molecule has 0 aromatic heterocycles. The van der Waals surface area contributed by atoms with Gasteiger partial charge in [0.15, 0.2) is 0 Å². The molecule has 0 aromatic carbocycles. The van der Waals surface area contributed by atoms with Crippen molar-refractivity contribution in [2.24, 2.45) is 5.92 Å². The third-order valence-electron chi connectivity index (χ3n) is 5.70. The molecule has 3 rings (SSSR count). The first-order valence-electron chi connectivity index (χ1n) is 8.54. The molecule has 1 unspecified atom stereocenters. The molecular weight excluding hydrogens is 264 g/mol. The Bertz CT molecular complexity index is 448. The zero-order valence-corrected chi connectivity index (χ0v) is 13.6. The standard InChI is InChI=1S/C17H28N2O2/c1-16(2)15(21)19(13-8-6-4-5-7-9-13)17(3,12-10-11-12)14(20)18-16/h12-13H,4-11H2,1-3H3,(H,18,20). The van der Waals surface area contributed by atoms with Gasteiger partial charge in [-0.05, 0) is 52.4 Å². The predicted molar refractivity (Wildman–Crippen MR) is 81.7 cm³/mol. The number of hydrogen-bond acceptors (Lipinski definition) is 2. The van der Waals surface area contributed by atoms with E-state index in [4.69, 9.17) is 0 Å². The predicted octanol–water partition coefficient (Wildman–Crippen LogP) is 2.61. The smallest absolute Gasteiger partial charge is 0.248 e. The highest BCUT2D eigenvalue weighted by molar-refractivity contribution is 6.02. The van der Waals surface area contributed by atoms with Crippen LogP contribution in [0.25, 0.3) is 0 Å². The number of carbonyl (C=O) groups is 2. The summed E-state index contributed by atoms with van der Waals surface area (Å²) in [4.78, 5) is 27.9. The summed E-state index contributed by atoms with van der Waals surface area (Å²) < 4.78 is 0. The van der Waals surface area contributed by atoms with E-state index in [0.717, 1.165) is 25.7 Å². The van der Waals surface area contributed by atoms with Gasteiger partial charge >= 0.3 is 0 Å². The van der Waals surface area contributed by atoms with E-state index in [2.05, 4.69) is 5.32 Å². The average molecular weight is 292 g/mol. The summed E-state index contributed by atoms with van der Waals surface area (Å²) in [5, 5.41) is 2.97. The van der Waals surface area contributed by atoms with Crippen LogP contribution in [0.4, 0.5) is 0 Å². The van der Waals surface area contributed by atoms with Crippen LogP contribution in [0.3, 0.4) is 0 Å². The van der Waals surface area contributed by atoms with Gasteiger partial charge in [-0.15, -0.1) is 0 Å². The van der Waals surface area contributed by atoms with Crippen LogP contribution >= 0.6 is 0 Å². The summed E-state index contributed by atoms with van der Waals surface area (Å²) in [7, 11) is 0. The second-order valence-corrected chi connectivity index (χ2v) is 7.82. The van der Waals surface area contributed by atoms with Gasteiger partial charge in [0.2, 0.25) is 11.8 Å². The van der Waals surface area contributed by atoms with Crippen molar-refractivity contribution in [1.82, 2.24) is 10.2 Å². The van der Waals surface area contributed by atoms with Gasteiger partial charge in [-0.1, -0.05) is 25.7 Å². The molecule has 1 aliphatic heterocycles. The second kappa shape index (κ2) is 4.99. The summed E-state index contributed by atoms with van der Waals surface area (Å²) in [5.74, 6) is 0.517. The van der Waals surface area contributed by atoms with Crippen molar-refractivity contribution >= 4 is 11.8 Å². The molecule has 0 spiro atoms. The molecule has 0 radical (unpaired) electrons. The van der Waals surface area contributed by atoms with Crippen molar-refractivity contribution in [1.29, 1.82) is 0 Å². The fourth-order valence-corrected chi connectivity index (χ4v) is 4.17. The lowest BCUT2D eigenvalue weighted by atomic mass is 9.82. The number of carbonyl (C=O) groups excluding carboxylic acids is 2. The van der Waals surface area contributed by atoms with Crippen molar-refractivity contribution in [3.05, 3.63) is 0 Å². The van der Waals surface area contributed by atoms with E-state index in [-0.39, 0.29) is 17.9 Å². The lowest BCUT2D eigenvalue weighted by Crippen LogP contribution is -2.75. The van der Waals surface area contributed by atoms with Crippen LogP contribution in [0.15, 0.2) is 0 Å². The Morgan fingerprint density at radius 1 is 0.952 bits per heavy atom. The van der Waals surface area contributed by atoms with Gasteiger partial charge in [0, 0.05) is 6.04 Å². The van der Waals surface area contributed by atoms with E-state index in [9.17, 15) is 9.59 Å². The molecule has 3 aliphatic rings. The van der Waals surface area contributed by atoms with Crippen LogP contribution in [0.5, 0.6) is 0 Å². The zero-order chi connectivity index (χ0) is 15.3. The normalized spacial score (nSPS) is 34.5. The van der Waals surface area contributed by atoms with Gasteiger partial charge in [-0.25, -0.2) is 0 Å². The summed E-state index contributed by atoms with van der Waals surface area (Å²) >= 11 is 0. The molecule has 21 heavy (non-hydrogen) atoms. The summed E-state index contributed by atoms with van der Waals surface area (Å²) in [6.07, 6.45) is 9.12. The zero-order valence-electron chi connectivity index (χ0n) is 13.6. The molecule has 4 heteroatoms. The topological polar surface area (TPSA) is 49.4 Å². The highest BCUT2D eigenvalue weighted by atomic mass is 16.2. The van der Waals surface area contributed by atoms with Crippen molar-refractivity contribution in [2.75, 3.05) is 0 Å². The number of piperazine rings is 1. The first kappa shape index (κ1) is 14.9. The maximum atomic E-state index is 13.1. The van der Waals surface area contributed by atoms with E-state index < -0.39 is 11.1 Å². The molecule has 4 nitrogen and oxygen atoms in total. The first-order chi connectivity index (χ1) is 9.87. The number of amides is 2. The highest BCUT2D eigenvalue weighted by Crippen LogP contribution is 2.47. The minimum absolute atomic E-state index is 0.0545. The van der Waals surface area contributed by atoms with Gasteiger partial charge < -0.3 is 10.2 Å². The van der Waals surface area contributed by atoms with Gasteiger partial charge in [0.25, 0.3) is 0 Å². The SMILES string of the molecule is CC1(C)NC(=O)C(C)(C2CC2)N(C2CCCCCC2)C1=O. The van der Waals surface area contributed by atoms with Crippen molar-refractivity contribution < 1.29 is 9.59 Å². The molecule has 1 N–H and O–H groups in total. The molecule has 0 aromatic rings. The molecule has 118 valence electrons. The van der Waals surface area contributed by atoms with Gasteiger partial charge in [-0.3, -0.25) is 9.59 Å². The van der Waals surface area contributed by atoms with E-state index in [1.807, 2.05) is 25.7 Å². The molecule has 2 amide bonds. The number of hydrogen-bond donors (Lipinski definition) is 1. The Morgan fingerprint density at radius 3 is 2.05 bits per heavy atom. The van der Waals surface area contributed by atoms with Crippen LogP contribution in [0.2, 0.25) is 0 Å². The fourth-order valence-electron chi connectivity index (χ4n) is 4.17. The number of nitrogens with zero attached hydrogens (tertiary/aromatic N) is 1. The summed E-state index contributed by atoms with van der Waals surface area (Å²) in [5.41, 5.74) is -1.39. The Hall–Kier alpha value is -1.06. The Labute approximate surface area is 127 Å². The summed E-state index contributed by atoms with van der Waals surface area (Å²) in [6.45, 7) is 5.67. The Kier molecular flexibility index (Phi) is 3.53. The van der Waals surface area contributed by atoms with E-state index in [1.54, 1.807) is 0 Å². The molecule has 1 atom stereocenters. The van der Waals surface area contributed by atoms with E-state index >= 15 is 0 Å². The average Bonchev–Trinajstić information content (AvgIpc) is 3.24. The van der Waals surface area contributed by atoms with Crippen LogP contribution in [-0.4, -0.2) is 33.8 Å². The third kappa shape index (κ3) is 2.36. The summed E-state index contributed by atoms with van der Waals surface area (Å²) in [6, 6.07) is 0.246. The molecule has 0 bridgehead atoms. The van der Waals surface area contributed by atoms with Gasteiger partial charge in [0.1, 0.15) is 11.1 Å². The van der Waals surface area contributed by atoms with E-state index in [1.165, 1.54) is 25.7 Å². The molecule has 2 saturated carbocycles. The molecule has 3 fully saturated rings. The van der Waals surface area contributed by atoms with Crippen LogP contribution in [0.1, 0.15) is 72.1 Å². The highest BCUT2D eigenvalue weighted by Gasteiger charge is 2.60. The third-order valence-corrected chi connectivity index (χ3v) is 5.70. The fraction of sp³-hybridized carbons (Fsp3) is 0.882. The molecule has 1 heterocycles. The number of nitrogens with one attached hydrogen (secondary N) is 1. The minimum atomic E-state index is -0.766. The van der Waals surface area contributed by atoms with Crippen molar-refractivity contribution in [3.8, 4) is 0 Å². The van der Waals surface area contributed by atoms with Crippen molar-refractivity contribution in [2.45, 2.75) is 89.3 Å². The maximum Gasteiger partial charge on any atom is 0.248 e. The Morgan fingerprint density at radius 2 is 1.52 bits per heavy atom. The van der Waals surface area contributed by atoms with Crippen molar-refractivity contribution in [3.63, 3.8) is 0 Å². The first-order valence-corrected chi connectivity index (χ1v) is 8.54. The molecule has 2 aliphatic carbocycles. The van der Waals surface area contributed by atoms with Gasteiger partial charge in [0.05, 0.1) is 0 Å². The van der Waals surface area contributed by atoms with Gasteiger partial charge in [-0.2, -0.15) is 0 Å². The molecule has 1 saturated heterocycles. The lowest BCUT2D eigenvalue weighted by molar-refractivity contribution is -0.166. The van der Waals surface area contributed by atoms with Crippen LogP contribution in [-0.2, 0) is 9.59 Å². The Balaban J connectivity index is 1.97. The quantitative estimate of drug-likeness (QED) is 0.795. The maximum absolute atomic E-state index is 13.1. The second-order valence-electron chi connectivity index (χ2n) is 7.82. The number of rotatable bonds is 2. The van der Waals surface area contributed by atoms with Crippen LogP contribution < -0.4 is 5.32 Å².